The molecule has 1 saturated heterocycles. The predicted octanol–water partition coefficient (Wildman–Crippen LogP) is 3.17. The summed E-state index contributed by atoms with van der Waals surface area (Å²) in [7, 11) is -7.41. The topological polar surface area (TPSA) is 131 Å². The summed E-state index contributed by atoms with van der Waals surface area (Å²) < 4.78 is 65.5. The number of ether oxygens (including phenoxy) is 2. The normalized spacial score (nSPS) is 14.5. The number of morpholine rings is 1. The molecule has 13 heteroatoms. The number of hydrogen-bond donors (Lipinski definition) is 2. The van der Waals surface area contributed by atoms with Crippen LogP contribution in [-0.2, 0) is 36.1 Å². The first-order valence-corrected chi connectivity index (χ1v) is 15.3. The Kier molecular flexibility index (Phi) is 9.13. The molecular formula is C26H28ClN3O7S2. The standard InChI is InChI=1S/C26H28ClN3O7S2/c1-19-16-24(38(32,33)29-22-6-4-21(27)5-7-22)10-11-25(19)37-18-26(31)28-17-20-2-8-23(9-3-20)39(34,35)30-12-14-36-15-13-30/h2-11,16,29H,12-15,17-18H2,1H3,(H,28,31). The van der Waals surface area contributed by atoms with Crippen molar-refractivity contribution in [3.05, 3.63) is 82.9 Å². The summed E-state index contributed by atoms with van der Waals surface area (Å²) in [6, 6.07) is 17.0. The maximum Gasteiger partial charge on any atom is 0.261 e. The Labute approximate surface area is 233 Å². The number of sulfonamides is 2. The van der Waals surface area contributed by atoms with Crippen LogP contribution in [0.15, 0.2) is 76.5 Å². The number of carbonyl (C=O) groups excluding carboxylic acids is 1. The Balaban J connectivity index is 1.28. The van der Waals surface area contributed by atoms with Gasteiger partial charge in [0, 0.05) is 30.3 Å². The van der Waals surface area contributed by atoms with E-state index in [4.69, 9.17) is 21.1 Å². The fraction of sp³-hybridized carbons (Fsp3) is 0.269. The summed E-state index contributed by atoms with van der Waals surface area (Å²) in [6.07, 6.45) is 0. The zero-order valence-corrected chi connectivity index (χ0v) is 23.5. The molecule has 39 heavy (non-hydrogen) atoms. The van der Waals surface area contributed by atoms with Gasteiger partial charge in [-0.05, 0) is 72.6 Å². The molecule has 10 nitrogen and oxygen atoms in total. The maximum absolute atomic E-state index is 12.7. The minimum absolute atomic E-state index is 0.0471. The van der Waals surface area contributed by atoms with E-state index in [9.17, 15) is 21.6 Å². The van der Waals surface area contributed by atoms with Gasteiger partial charge in [0.15, 0.2) is 6.61 Å². The number of nitrogens with zero attached hydrogens (tertiary/aromatic N) is 1. The van der Waals surface area contributed by atoms with Gasteiger partial charge < -0.3 is 14.8 Å². The summed E-state index contributed by atoms with van der Waals surface area (Å²) in [6.45, 7) is 2.97. The SMILES string of the molecule is Cc1cc(S(=O)(=O)Nc2ccc(Cl)cc2)ccc1OCC(=O)NCc1ccc(S(=O)(=O)N2CCOCC2)cc1. The second kappa shape index (κ2) is 12.3. The number of carbonyl (C=O) groups is 1. The minimum Gasteiger partial charge on any atom is -0.484 e. The van der Waals surface area contributed by atoms with Crippen LogP contribution in [0, 0.1) is 6.92 Å². The maximum atomic E-state index is 12.7. The van der Waals surface area contributed by atoms with Gasteiger partial charge in [-0.2, -0.15) is 4.31 Å². The number of aryl methyl sites for hydroxylation is 1. The van der Waals surface area contributed by atoms with Gasteiger partial charge in [-0.15, -0.1) is 0 Å². The molecule has 3 aromatic carbocycles. The molecule has 0 bridgehead atoms. The van der Waals surface area contributed by atoms with E-state index in [0.717, 1.165) is 5.56 Å². The van der Waals surface area contributed by atoms with Crippen LogP contribution in [0.3, 0.4) is 0 Å². The Morgan fingerprint density at radius 1 is 0.949 bits per heavy atom. The van der Waals surface area contributed by atoms with E-state index in [-0.39, 0.29) is 28.8 Å². The number of halogens is 1. The van der Waals surface area contributed by atoms with Crippen molar-refractivity contribution in [1.82, 2.24) is 9.62 Å². The number of hydrogen-bond acceptors (Lipinski definition) is 7. The lowest BCUT2D eigenvalue weighted by Gasteiger charge is -2.26. The molecule has 1 aliphatic rings. The molecule has 1 heterocycles. The van der Waals surface area contributed by atoms with Crippen molar-refractivity contribution < 1.29 is 31.1 Å². The summed E-state index contributed by atoms with van der Waals surface area (Å²) >= 11 is 5.84. The van der Waals surface area contributed by atoms with Crippen LogP contribution in [0.4, 0.5) is 5.69 Å². The number of rotatable bonds is 10. The van der Waals surface area contributed by atoms with Gasteiger partial charge in [0.05, 0.1) is 23.0 Å². The van der Waals surface area contributed by atoms with Gasteiger partial charge in [0.1, 0.15) is 5.75 Å². The first-order chi connectivity index (χ1) is 18.5. The molecule has 0 radical (unpaired) electrons. The zero-order chi connectivity index (χ0) is 28.0. The number of amides is 1. The molecule has 0 aliphatic carbocycles. The van der Waals surface area contributed by atoms with Gasteiger partial charge >= 0.3 is 0 Å². The molecule has 1 aliphatic heterocycles. The summed E-state index contributed by atoms with van der Waals surface area (Å²) in [5, 5.41) is 3.21. The van der Waals surface area contributed by atoms with Gasteiger partial charge in [0.25, 0.3) is 15.9 Å². The molecule has 0 unspecified atom stereocenters. The fourth-order valence-corrected chi connectivity index (χ4v) is 6.47. The first-order valence-electron chi connectivity index (χ1n) is 12.0. The third kappa shape index (κ3) is 7.49. The Morgan fingerprint density at radius 2 is 1.59 bits per heavy atom. The largest absolute Gasteiger partial charge is 0.484 e. The van der Waals surface area contributed by atoms with Crippen molar-refractivity contribution >= 4 is 43.2 Å². The average Bonchev–Trinajstić information content (AvgIpc) is 2.93. The van der Waals surface area contributed by atoms with Crippen molar-refractivity contribution in [1.29, 1.82) is 0 Å². The molecule has 208 valence electrons. The van der Waals surface area contributed by atoms with Crippen LogP contribution in [0.5, 0.6) is 5.75 Å². The summed E-state index contributed by atoms with van der Waals surface area (Å²) in [5.41, 5.74) is 1.64. The average molecular weight is 594 g/mol. The number of anilines is 1. The highest BCUT2D eigenvalue weighted by atomic mass is 35.5. The smallest absolute Gasteiger partial charge is 0.261 e. The van der Waals surface area contributed by atoms with Crippen LogP contribution in [0.25, 0.3) is 0 Å². The zero-order valence-electron chi connectivity index (χ0n) is 21.1. The van der Waals surface area contributed by atoms with E-state index >= 15 is 0 Å². The number of nitrogens with one attached hydrogen (secondary N) is 2. The van der Waals surface area contributed by atoms with Gasteiger partial charge in [-0.1, -0.05) is 23.7 Å². The third-order valence-corrected chi connectivity index (χ3v) is 9.48. The highest BCUT2D eigenvalue weighted by molar-refractivity contribution is 7.92. The number of benzene rings is 3. The summed E-state index contributed by atoms with van der Waals surface area (Å²) in [4.78, 5) is 12.6. The van der Waals surface area contributed by atoms with Gasteiger partial charge in [-0.3, -0.25) is 9.52 Å². The lowest BCUT2D eigenvalue weighted by Crippen LogP contribution is -2.40. The van der Waals surface area contributed by atoms with Crippen molar-refractivity contribution in [3.63, 3.8) is 0 Å². The molecule has 4 rings (SSSR count). The third-order valence-electron chi connectivity index (χ3n) is 5.93. The van der Waals surface area contributed by atoms with E-state index in [0.29, 0.717) is 48.3 Å². The van der Waals surface area contributed by atoms with Crippen molar-refractivity contribution in [3.8, 4) is 5.75 Å². The molecule has 0 saturated carbocycles. The second-order valence-electron chi connectivity index (χ2n) is 8.77. The fourth-order valence-electron chi connectivity index (χ4n) is 3.79. The molecule has 0 spiro atoms. The van der Waals surface area contributed by atoms with E-state index in [2.05, 4.69) is 10.0 Å². The van der Waals surface area contributed by atoms with Crippen LogP contribution < -0.4 is 14.8 Å². The Hall–Kier alpha value is -3.16. The van der Waals surface area contributed by atoms with Crippen molar-refractivity contribution in [2.24, 2.45) is 0 Å². The molecule has 1 amide bonds. The van der Waals surface area contributed by atoms with Crippen LogP contribution in [0.1, 0.15) is 11.1 Å². The highest BCUT2D eigenvalue weighted by Crippen LogP contribution is 2.24. The van der Waals surface area contributed by atoms with Crippen molar-refractivity contribution in [2.75, 3.05) is 37.6 Å². The van der Waals surface area contributed by atoms with Crippen molar-refractivity contribution in [2.45, 2.75) is 23.3 Å². The van der Waals surface area contributed by atoms with E-state index in [1.807, 2.05) is 0 Å². The molecule has 0 aromatic heterocycles. The quantitative estimate of drug-likeness (QED) is 0.369. The van der Waals surface area contributed by atoms with E-state index in [1.54, 1.807) is 43.3 Å². The van der Waals surface area contributed by atoms with Gasteiger partial charge in [0.2, 0.25) is 10.0 Å². The Bertz CT molecular complexity index is 1520. The van der Waals surface area contributed by atoms with Crippen LogP contribution >= 0.6 is 11.6 Å². The van der Waals surface area contributed by atoms with Crippen LogP contribution in [0.2, 0.25) is 5.02 Å². The first kappa shape index (κ1) is 28.8. The molecular weight excluding hydrogens is 566 g/mol. The molecule has 1 fully saturated rings. The molecule has 0 atom stereocenters. The Morgan fingerprint density at radius 3 is 2.23 bits per heavy atom. The van der Waals surface area contributed by atoms with E-state index in [1.165, 1.54) is 34.6 Å². The molecule has 2 N–H and O–H groups in total. The minimum atomic E-state index is -3.83. The van der Waals surface area contributed by atoms with Crippen LogP contribution in [-0.4, -0.2) is 60.0 Å². The highest BCUT2D eigenvalue weighted by Gasteiger charge is 2.26. The monoisotopic (exact) mass is 593 g/mol. The predicted molar refractivity (Wildman–Crippen MR) is 147 cm³/mol. The summed E-state index contributed by atoms with van der Waals surface area (Å²) in [5.74, 6) is -0.0196. The lowest BCUT2D eigenvalue weighted by atomic mass is 10.2. The molecule has 3 aromatic rings. The van der Waals surface area contributed by atoms with Gasteiger partial charge in [-0.25, -0.2) is 16.8 Å². The lowest BCUT2D eigenvalue weighted by molar-refractivity contribution is -0.123. The van der Waals surface area contributed by atoms with E-state index < -0.39 is 20.0 Å². The second-order valence-corrected chi connectivity index (χ2v) is 12.8.